The van der Waals surface area contributed by atoms with E-state index in [1.165, 1.54) is 4.90 Å². The fourth-order valence-electron chi connectivity index (χ4n) is 2.06. The molecule has 0 spiro atoms. The van der Waals surface area contributed by atoms with Crippen LogP contribution in [0, 0.1) is 0 Å². The number of benzene rings is 1. The summed E-state index contributed by atoms with van der Waals surface area (Å²) in [6.45, 7) is 0. The van der Waals surface area contributed by atoms with E-state index in [2.05, 4.69) is 6.07 Å². The van der Waals surface area contributed by atoms with E-state index in [-0.39, 0.29) is 0 Å². The lowest BCUT2D eigenvalue weighted by Gasteiger charge is -2.05. The Balaban J connectivity index is 2.44. The Labute approximate surface area is 110 Å². The number of aromatic nitrogens is 1. The van der Waals surface area contributed by atoms with E-state index in [4.69, 9.17) is 10.8 Å². The van der Waals surface area contributed by atoms with Gasteiger partial charge in [-0.15, -0.1) is 11.8 Å². The molecule has 2 rings (SSSR count). The predicted molar refractivity (Wildman–Crippen MR) is 74.0 cm³/mol. The summed E-state index contributed by atoms with van der Waals surface area (Å²) in [6.07, 6.45) is 4.34. The number of hydrogen-bond acceptors (Lipinski definition) is 3. The molecule has 0 amide bonds. The minimum Gasteiger partial charge on any atom is -0.480 e. The van der Waals surface area contributed by atoms with Gasteiger partial charge in [0, 0.05) is 35.5 Å². The van der Waals surface area contributed by atoms with Crippen molar-refractivity contribution in [2.45, 2.75) is 17.4 Å². The number of rotatable bonds is 4. The van der Waals surface area contributed by atoms with Crippen molar-refractivity contribution in [2.75, 3.05) is 6.26 Å². The van der Waals surface area contributed by atoms with Crippen molar-refractivity contribution in [1.29, 1.82) is 0 Å². The lowest BCUT2D eigenvalue weighted by atomic mass is 10.1. The van der Waals surface area contributed by atoms with Crippen molar-refractivity contribution >= 4 is 28.6 Å². The van der Waals surface area contributed by atoms with Gasteiger partial charge < -0.3 is 15.4 Å². The molecule has 0 bridgehead atoms. The Kier molecular flexibility index (Phi) is 3.63. The lowest BCUT2D eigenvalue weighted by Crippen LogP contribution is -2.32. The van der Waals surface area contributed by atoms with Gasteiger partial charge in [0.2, 0.25) is 0 Å². The van der Waals surface area contributed by atoms with Gasteiger partial charge in [-0.2, -0.15) is 0 Å². The van der Waals surface area contributed by atoms with Gasteiger partial charge in [-0.25, -0.2) is 0 Å². The van der Waals surface area contributed by atoms with Crippen LogP contribution < -0.4 is 5.73 Å². The monoisotopic (exact) mass is 264 g/mol. The third-order valence-corrected chi connectivity index (χ3v) is 3.76. The molecule has 2 aromatic rings. The first-order chi connectivity index (χ1) is 8.52. The predicted octanol–water partition coefficient (Wildman–Crippen LogP) is 1.85. The third-order valence-electron chi connectivity index (χ3n) is 3.04. The summed E-state index contributed by atoms with van der Waals surface area (Å²) in [6, 6.07) is 5.33. The number of nitrogens with two attached hydrogens (primary N) is 1. The fraction of sp³-hybridized carbons (Fsp3) is 0.308. The summed E-state index contributed by atoms with van der Waals surface area (Å²) >= 11 is 1.69. The molecule has 1 atom stereocenters. The number of thioether (sulfide) groups is 1. The highest BCUT2D eigenvalue weighted by Crippen LogP contribution is 2.26. The minimum absolute atomic E-state index is 0.352. The zero-order chi connectivity index (χ0) is 13.3. The maximum absolute atomic E-state index is 10.8. The molecule has 0 aliphatic rings. The normalized spacial score (nSPS) is 12.8. The summed E-state index contributed by atoms with van der Waals surface area (Å²) < 4.78 is 2.01. The fourth-order valence-corrected chi connectivity index (χ4v) is 2.50. The maximum atomic E-state index is 10.8. The van der Waals surface area contributed by atoms with E-state index in [1.807, 2.05) is 36.2 Å². The lowest BCUT2D eigenvalue weighted by molar-refractivity contribution is -0.138. The zero-order valence-corrected chi connectivity index (χ0v) is 11.2. The summed E-state index contributed by atoms with van der Waals surface area (Å²) in [5.74, 6) is -0.965. The molecule has 3 N–H and O–H groups in total. The van der Waals surface area contributed by atoms with Gasteiger partial charge >= 0.3 is 5.97 Å². The molecule has 96 valence electrons. The average molecular weight is 264 g/mol. The smallest absolute Gasteiger partial charge is 0.320 e. The summed E-state index contributed by atoms with van der Waals surface area (Å²) in [5, 5.41) is 9.95. The topological polar surface area (TPSA) is 68.2 Å². The van der Waals surface area contributed by atoms with Crippen LogP contribution in [0.4, 0.5) is 0 Å². The quantitative estimate of drug-likeness (QED) is 0.827. The maximum Gasteiger partial charge on any atom is 0.320 e. The van der Waals surface area contributed by atoms with Crippen LogP contribution in [0.5, 0.6) is 0 Å². The minimum atomic E-state index is -0.965. The third kappa shape index (κ3) is 2.37. The number of nitrogens with zero attached hydrogens (tertiary/aromatic N) is 1. The van der Waals surface area contributed by atoms with E-state index < -0.39 is 12.0 Å². The second-order valence-electron chi connectivity index (χ2n) is 4.30. The van der Waals surface area contributed by atoms with Crippen molar-refractivity contribution in [1.82, 2.24) is 4.57 Å². The average Bonchev–Trinajstić information content (AvgIpc) is 2.65. The second-order valence-corrected chi connectivity index (χ2v) is 5.18. The van der Waals surface area contributed by atoms with E-state index >= 15 is 0 Å². The van der Waals surface area contributed by atoms with Gasteiger partial charge in [-0.1, -0.05) is 6.07 Å². The molecule has 5 heteroatoms. The van der Waals surface area contributed by atoms with Crippen molar-refractivity contribution in [2.24, 2.45) is 12.8 Å². The number of hydrogen-bond donors (Lipinski definition) is 2. The molecule has 0 aliphatic carbocycles. The highest BCUT2D eigenvalue weighted by atomic mass is 32.2. The Hall–Kier alpha value is -1.46. The standard InChI is InChI=1S/C13H16N2O2S/c1-15-7-8(5-11(14)13(16)17)10-4-3-9(18-2)6-12(10)15/h3-4,6-7,11H,5,14H2,1-2H3,(H,16,17). The summed E-state index contributed by atoms with van der Waals surface area (Å²) in [4.78, 5) is 12.0. The first-order valence-corrected chi connectivity index (χ1v) is 6.85. The number of carboxylic acid groups (broad SMARTS) is 1. The molecule has 1 aromatic carbocycles. The molecule has 1 aromatic heterocycles. The Bertz CT molecular complexity index is 592. The second kappa shape index (κ2) is 5.04. The van der Waals surface area contributed by atoms with Crippen LogP contribution in [0.15, 0.2) is 29.3 Å². The van der Waals surface area contributed by atoms with Crippen LogP contribution in [-0.2, 0) is 18.3 Å². The largest absolute Gasteiger partial charge is 0.480 e. The van der Waals surface area contributed by atoms with Crippen LogP contribution in [0.1, 0.15) is 5.56 Å². The van der Waals surface area contributed by atoms with Gasteiger partial charge in [0.1, 0.15) is 6.04 Å². The molecule has 0 aliphatic heterocycles. The number of aryl methyl sites for hydroxylation is 1. The van der Waals surface area contributed by atoms with Gasteiger partial charge in [-0.05, 0) is 24.0 Å². The summed E-state index contributed by atoms with van der Waals surface area (Å²) in [7, 11) is 1.96. The Morgan fingerprint density at radius 3 is 2.89 bits per heavy atom. The molecule has 0 saturated carbocycles. The Morgan fingerprint density at radius 2 is 2.28 bits per heavy atom. The molecular formula is C13H16N2O2S. The number of carbonyl (C=O) groups is 1. The van der Waals surface area contributed by atoms with Crippen LogP contribution in [-0.4, -0.2) is 27.9 Å². The van der Waals surface area contributed by atoms with Crippen molar-refractivity contribution in [3.63, 3.8) is 0 Å². The molecule has 1 heterocycles. The Morgan fingerprint density at radius 1 is 1.56 bits per heavy atom. The van der Waals surface area contributed by atoms with E-state index in [9.17, 15) is 4.79 Å². The van der Waals surface area contributed by atoms with Crippen molar-refractivity contribution in [3.05, 3.63) is 30.0 Å². The first kappa shape index (κ1) is 13.0. The van der Waals surface area contributed by atoms with E-state index in [1.54, 1.807) is 11.8 Å². The molecule has 18 heavy (non-hydrogen) atoms. The molecule has 0 radical (unpaired) electrons. The van der Waals surface area contributed by atoms with Gasteiger partial charge in [0.25, 0.3) is 0 Å². The van der Waals surface area contributed by atoms with E-state index in [0.29, 0.717) is 6.42 Å². The molecule has 4 nitrogen and oxygen atoms in total. The summed E-state index contributed by atoms with van der Waals surface area (Å²) in [5.41, 5.74) is 7.68. The number of fused-ring (bicyclic) bond motifs is 1. The zero-order valence-electron chi connectivity index (χ0n) is 10.4. The molecule has 0 fully saturated rings. The highest BCUT2D eigenvalue weighted by Gasteiger charge is 2.15. The number of carboxylic acids is 1. The van der Waals surface area contributed by atoms with Crippen LogP contribution in [0.25, 0.3) is 10.9 Å². The van der Waals surface area contributed by atoms with E-state index in [0.717, 1.165) is 16.5 Å². The van der Waals surface area contributed by atoms with Crippen LogP contribution in [0.3, 0.4) is 0 Å². The van der Waals surface area contributed by atoms with Crippen LogP contribution >= 0.6 is 11.8 Å². The molecular weight excluding hydrogens is 248 g/mol. The SMILES string of the molecule is CSc1ccc2c(CC(N)C(=O)O)cn(C)c2c1. The molecule has 1 unspecified atom stereocenters. The molecule has 0 saturated heterocycles. The highest BCUT2D eigenvalue weighted by molar-refractivity contribution is 7.98. The van der Waals surface area contributed by atoms with Crippen molar-refractivity contribution < 1.29 is 9.90 Å². The number of aliphatic carboxylic acids is 1. The van der Waals surface area contributed by atoms with Gasteiger partial charge in [0.05, 0.1) is 0 Å². The van der Waals surface area contributed by atoms with Crippen LogP contribution in [0.2, 0.25) is 0 Å². The van der Waals surface area contributed by atoms with Gasteiger partial charge in [0.15, 0.2) is 0 Å². The first-order valence-electron chi connectivity index (χ1n) is 5.63. The van der Waals surface area contributed by atoms with Gasteiger partial charge in [-0.3, -0.25) is 4.79 Å². The van der Waals surface area contributed by atoms with Crippen molar-refractivity contribution in [3.8, 4) is 0 Å².